The van der Waals surface area contributed by atoms with Crippen LogP contribution in [0.3, 0.4) is 0 Å². The number of aromatic nitrogens is 1. The third kappa shape index (κ3) is 1.39. The van der Waals surface area contributed by atoms with Crippen LogP contribution in [-0.4, -0.2) is 22.0 Å². The smallest absolute Gasteiger partial charge is 0.0898 e. The summed E-state index contributed by atoms with van der Waals surface area (Å²) in [7, 11) is 2.07. The fraction of sp³-hybridized carbons (Fsp3) is 0.357. The first-order valence-corrected chi connectivity index (χ1v) is 6.26. The number of para-hydroxylation sites is 1. The average Bonchev–Trinajstić information content (AvgIpc) is 2.89. The number of nitrogens with zero attached hydrogens (tertiary/aromatic N) is 2. The molecule has 4 heteroatoms. The third-order valence-corrected chi connectivity index (χ3v) is 3.90. The molecule has 94 valence electrons. The second kappa shape index (κ2) is 4.14. The Bertz CT molecular complexity index is 627. The maximum atomic E-state index is 9.21. The van der Waals surface area contributed by atoms with Gasteiger partial charge >= 0.3 is 0 Å². The number of hydrogen-bond acceptors (Lipinski definition) is 3. The van der Waals surface area contributed by atoms with Crippen LogP contribution in [0.15, 0.2) is 29.4 Å². The molecule has 1 atom stereocenters. The lowest BCUT2D eigenvalue weighted by atomic mass is 10.0. The minimum absolute atomic E-state index is 0.369. The van der Waals surface area contributed by atoms with Gasteiger partial charge in [-0.05, 0) is 19.0 Å². The fourth-order valence-corrected chi connectivity index (χ4v) is 3.16. The number of nitrogens with two attached hydrogens (primary N) is 1. The Morgan fingerprint density at radius 1 is 1.44 bits per heavy atom. The van der Waals surface area contributed by atoms with Crippen molar-refractivity contribution in [2.24, 2.45) is 17.9 Å². The average molecular weight is 243 g/mol. The molecule has 1 aromatic heterocycles. The van der Waals surface area contributed by atoms with Crippen LogP contribution in [-0.2, 0) is 7.05 Å². The molecule has 0 spiro atoms. The van der Waals surface area contributed by atoms with Gasteiger partial charge in [-0.3, -0.25) is 0 Å². The highest BCUT2D eigenvalue weighted by molar-refractivity contribution is 6.14. The Morgan fingerprint density at radius 3 is 2.94 bits per heavy atom. The van der Waals surface area contributed by atoms with Crippen molar-refractivity contribution in [3.63, 3.8) is 0 Å². The fourth-order valence-electron chi connectivity index (χ4n) is 3.16. The predicted octanol–water partition coefficient (Wildman–Crippen LogP) is 2.19. The zero-order chi connectivity index (χ0) is 12.7. The summed E-state index contributed by atoms with van der Waals surface area (Å²) < 4.78 is 2.21. The SMILES string of the molecule is Cn1c2c(c3ccccc31)C(=NO)CC2CCN. The van der Waals surface area contributed by atoms with E-state index in [0.29, 0.717) is 12.5 Å². The maximum Gasteiger partial charge on any atom is 0.0898 e. The molecule has 0 fully saturated rings. The van der Waals surface area contributed by atoms with Crippen molar-refractivity contribution in [3.05, 3.63) is 35.5 Å². The van der Waals surface area contributed by atoms with E-state index in [2.05, 4.69) is 28.9 Å². The van der Waals surface area contributed by atoms with Crippen molar-refractivity contribution in [1.82, 2.24) is 4.57 Å². The van der Waals surface area contributed by atoms with Crippen LogP contribution in [0.2, 0.25) is 0 Å². The highest BCUT2D eigenvalue weighted by Gasteiger charge is 2.33. The topological polar surface area (TPSA) is 63.5 Å². The summed E-state index contributed by atoms with van der Waals surface area (Å²) in [5, 5.41) is 13.9. The molecule has 0 amide bonds. The summed E-state index contributed by atoms with van der Waals surface area (Å²) in [6, 6.07) is 8.24. The van der Waals surface area contributed by atoms with Gasteiger partial charge in [-0.25, -0.2) is 0 Å². The van der Waals surface area contributed by atoms with Crippen LogP contribution < -0.4 is 5.73 Å². The Kier molecular flexibility index (Phi) is 2.59. The summed E-state index contributed by atoms with van der Waals surface area (Å²) in [4.78, 5) is 0. The molecule has 4 nitrogen and oxygen atoms in total. The van der Waals surface area contributed by atoms with Gasteiger partial charge in [0, 0.05) is 41.5 Å². The van der Waals surface area contributed by atoms with Crippen LogP contribution >= 0.6 is 0 Å². The van der Waals surface area contributed by atoms with Crippen molar-refractivity contribution in [3.8, 4) is 0 Å². The second-order valence-electron chi connectivity index (χ2n) is 4.86. The zero-order valence-corrected chi connectivity index (χ0v) is 10.4. The van der Waals surface area contributed by atoms with Crippen molar-refractivity contribution >= 4 is 16.6 Å². The number of oxime groups is 1. The van der Waals surface area contributed by atoms with Gasteiger partial charge in [0.15, 0.2) is 0 Å². The Labute approximate surface area is 106 Å². The lowest BCUT2D eigenvalue weighted by molar-refractivity contribution is 0.318. The molecule has 0 saturated heterocycles. The molecule has 3 rings (SSSR count). The summed E-state index contributed by atoms with van der Waals surface area (Å²) in [5.74, 6) is 0.369. The Hall–Kier alpha value is -1.81. The van der Waals surface area contributed by atoms with Crippen molar-refractivity contribution in [2.45, 2.75) is 18.8 Å². The molecular weight excluding hydrogens is 226 g/mol. The summed E-state index contributed by atoms with van der Waals surface area (Å²) in [6.07, 6.45) is 1.72. The van der Waals surface area contributed by atoms with E-state index in [0.717, 1.165) is 24.1 Å². The van der Waals surface area contributed by atoms with Crippen molar-refractivity contribution in [1.29, 1.82) is 0 Å². The zero-order valence-electron chi connectivity index (χ0n) is 10.4. The van der Waals surface area contributed by atoms with Gasteiger partial charge in [0.1, 0.15) is 0 Å². The minimum atomic E-state index is 0.369. The first-order valence-electron chi connectivity index (χ1n) is 6.26. The molecule has 1 heterocycles. The van der Waals surface area contributed by atoms with Crippen molar-refractivity contribution < 1.29 is 5.21 Å². The number of benzene rings is 1. The molecule has 0 bridgehead atoms. The largest absolute Gasteiger partial charge is 0.411 e. The Balaban J connectivity index is 2.30. The van der Waals surface area contributed by atoms with E-state index in [4.69, 9.17) is 5.73 Å². The first kappa shape index (κ1) is 11.3. The highest BCUT2D eigenvalue weighted by Crippen LogP contribution is 2.41. The molecule has 1 aromatic carbocycles. The summed E-state index contributed by atoms with van der Waals surface area (Å²) in [5.41, 5.74) is 10.0. The number of rotatable bonds is 2. The molecule has 1 unspecified atom stereocenters. The Morgan fingerprint density at radius 2 is 2.22 bits per heavy atom. The van der Waals surface area contributed by atoms with Gasteiger partial charge in [-0.1, -0.05) is 23.4 Å². The maximum absolute atomic E-state index is 9.21. The minimum Gasteiger partial charge on any atom is -0.411 e. The molecule has 2 aromatic rings. The van der Waals surface area contributed by atoms with Crippen LogP contribution in [0.4, 0.5) is 0 Å². The van der Waals surface area contributed by atoms with E-state index in [-0.39, 0.29) is 0 Å². The van der Waals surface area contributed by atoms with Crippen LogP contribution in [0.25, 0.3) is 10.9 Å². The van der Waals surface area contributed by atoms with Gasteiger partial charge in [-0.15, -0.1) is 0 Å². The molecule has 3 N–H and O–H groups in total. The van der Waals surface area contributed by atoms with E-state index >= 15 is 0 Å². The van der Waals surface area contributed by atoms with E-state index in [1.54, 1.807) is 0 Å². The molecule has 0 radical (unpaired) electrons. The molecule has 0 aliphatic heterocycles. The molecule has 1 aliphatic carbocycles. The standard InChI is InChI=1S/C14H17N3O/c1-17-12-5-3-2-4-10(12)13-11(16-18)8-9(6-7-15)14(13)17/h2-5,9,18H,6-8,15H2,1H3. The van der Waals surface area contributed by atoms with E-state index in [1.165, 1.54) is 16.6 Å². The van der Waals surface area contributed by atoms with Crippen LogP contribution in [0, 0.1) is 0 Å². The predicted molar refractivity (Wildman–Crippen MR) is 72.3 cm³/mol. The van der Waals surface area contributed by atoms with Gasteiger partial charge < -0.3 is 15.5 Å². The lowest BCUT2D eigenvalue weighted by Crippen LogP contribution is -2.08. The lowest BCUT2D eigenvalue weighted by Gasteiger charge is -2.11. The highest BCUT2D eigenvalue weighted by atomic mass is 16.4. The molecular formula is C14H17N3O. The number of hydrogen-bond donors (Lipinski definition) is 2. The molecule has 18 heavy (non-hydrogen) atoms. The number of aryl methyl sites for hydroxylation is 1. The van der Waals surface area contributed by atoms with Crippen molar-refractivity contribution in [2.75, 3.05) is 6.54 Å². The van der Waals surface area contributed by atoms with Gasteiger partial charge in [0.25, 0.3) is 0 Å². The monoisotopic (exact) mass is 243 g/mol. The van der Waals surface area contributed by atoms with Gasteiger partial charge in [0.2, 0.25) is 0 Å². The van der Waals surface area contributed by atoms with Crippen LogP contribution in [0.1, 0.15) is 30.0 Å². The normalized spacial score (nSPS) is 20.8. The second-order valence-corrected chi connectivity index (χ2v) is 4.86. The molecule has 1 aliphatic rings. The third-order valence-electron chi connectivity index (χ3n) is 3.90. The number of fused-ring (bicyclic) bond motifs is 3. The molecule has 0 saturated carbocycles. The van der Waals surface area contributed by atoms with Gasteiger partial charge in [0.05, 0.1) is 5.71 Å². The summed E-state index contributed by atoms with van der Waals surface area (Å²) in [6.45, 7) is 0.657. The van der Waals surface area contributed by atoms with E-state index in [1.807, 2.05) is 12.1 Å². The van der Waals surface area contributed by atoms with E-state index < -0.39 is 0 Å². The van der Waals surface area contributed by atoms with Crippen LogP contribution in [0.5, 0.6) is 0 Å². The quantitative estimate of drug-likeness (QED) is 0.627. The van der Waals surface area contributed by atoms with E-state index in [9.17, 15) is 5.21 Å². The summed E-state index contributed by atoms with van der Waals surface area (Å²) >= 11 is 0. The first-order chi connectivity index (χ1) is 8.77. The van der Waals surface area contributed by atoms with Gasteiger partial charge in [-0.2, -0.15) is 0 Å².